The van der Waals surface area contributed by atoms with E-state index in [0.29, 0.717) is 5.52 Å². The van der Waals surface area contributed by atoms with E-state index in [-0.39, 0.29) is 30.1 Å². The van der Waals surface area contributed by atoms with Crippen molar-refractivity contribution in [3.05, 3.63) is 56.1 Å². The van der Waals surface area contributed by atoms with E-state index in [9.17, 15) is 9.59 Å². The summed E-state index contributed by atoms with van der Waals surface area (Å²) in [6.07, 6.45) is 2.06. The Bertz CT molecular complexity index is 1190. The molecule has 1 unspecified atom stereocenters. The molecular weight excluding hydrogens is 378 g/mol. The molecule has 1 aromatic carbocycles. The van der Waals surface area contributed by atoms with Crippen molar-refractivity contribution in [1.82, 2.24) is 24.9 Å². The third-order valence-corrected chi connectivity index (χ3v) is 5.89. The van der Waals surface area contributed by atoms with E-state index in [1.807, 2.05) is 25.5 Å². The maximum Gasteiger partial charge on any atom is 0.293 e. The summed E-state index contributed by atoms with van der Waals surface area (Å²) >= 11 is 0. The van der Waals surface area contributed by atoms with Crippen molar-refractivity contribution in [3.8, 4) is 0 Å². The van der Waals surface area contributed by atoms with Gasteiger partial charge in [-0.15, -0.1) is 0 Å². The lowest BCUT2D eigenvalue weighted by atomic mass is 9.95. The minimum Gasteiger partial charge on any atom is -0.348 e. The average molecular weight is 408 g/mol. The molecule has 0 saturated heterocycles. The summed E-state index contributed by atoms with van der Waals surface area (Å²) in [7, 11) is 0. The van der Waals surface area contributed by atoms with Gasteiger partial charge in [0, 0.05) is 0 Å². The number of benzene rings is 1. The molecule has 3 aromatic rings. The summed E-state index contributed by atoms with van der Waals surface area (Å²) in [5.74, 6) is -0.232. The first-order valence-electron chi connectivity index (χ1n) is 10.5. The Kier molecular flexibility index (Phi) is 5.00. The molecule has 2 aromatic heterocycles. The van der Waals surface area contributed by atoms with Crippen molar-refractivity contribution in [3.63, 3.8) is 0 Å². The van der Waals surface area contributed by atoms with Crippen LogP contribution < -0.4 is 10.9 Å². The summed E-state index contributed by atoms with van der Waals surface area (Å²) < 4.78 is 3.10. The fraction of sp³-hybridized carbons (Fsp3) is 0.478. The number of carbonyl (C=O) groups excluding carboxylic acids is 1. The zero-order chi connectivity index (χ0) is 21.7. The molecule has 1 saturated carbocycles. The summed E-state index contributed by atoms with van der Waals surface area (Å²) in [5.41, 5.74) is 6.46. The number of amides is 1. The van der Waals surface area contributed by atoms with E-state index in [4.69, 9.17) is 0 Å². The van der Waals surface area contributed by atoms with Gasteiger partial charge in [-0.05, 0) is 71.1 Å². The molecule has 0 radical (unpaired) electrons. The zero-order valence-corrected chi connectivity index (χ0v) is 18.5. The van der Waals surface area contributed by atoms with Gasteiger partial charge >= 0.3 is 0 Å². The SMILES string of the molecule is Cc1cc(C)c(C(C)NC(=O)Cn2nc(C)c3c(C)nn(C4CC4)c3c2=O)c(C)c1. The molecule has 0 bridgehead atoms. The van der Waals surface area contributed by atoms with E-state index >= 15 is 0 Å². The van der Waals surface area contributed by atoms with Crippen molar-refractivity contribution >= 4 is 16.8 Å². The molecule has 7 heteroatoms. The first-order valence-corrected chi connectivity index (χ1v) is 10.5. The van der Waals surface area contributed by atoms with Crippen LogP contribution in [0.15, 0.2) is 16.9 Å². The Balaban J connectivity index is 1.62. The molecule has 7 nitrogen and oxygen atoms in total. The molecule has 1 amide bonds. The number of rotatable bonds is 5. The fourth-order valence-corrected chi connectivity index (χ4v) is 4.64. The Morgan fingerprint density at radius 2 is 1.70 bits per heavy atom. The first kappa shape index (κ1) is 20.3. The van der Waals surface area contributed by atoms with Gasteiger partial charge in [-0.25, -0.2) is 4.68 Å². The maximum absolute atomic E-state index is 13.1. The molecule has 0 aliphatic heterocycles. The number of nitrogens with zero attached hydrogens (tertiary/aromatic N) is 4. The standard InChI is InChI=1S/C23H29N5O2/c1-12-9-13(2)20(14(3)10-12)15(4)24-19(29)11-27-23(30)22-21(16(5)25-27)17(6)26-28(22)18-7-8-18/h9-10,15,18H,7-8,11H2,1-6H3,(H,24,29). The average Bonchev–Trinajstić information content (AvgIpc) is 3.41. The Hall–Kier alpha value is -2.96. The van der Waals surface area contributed by atoms with Crippen molar-refractivity contribution in [2.75, 3.05) is 0 Å². The quantitative estimate of drug-likeness (QED) is 0.703. The van der Waals surface area contributed by atoms with Crippen LogP contribution in [-0.4, -0.2) is 25.5 Å². The normalized spacial score (nSPS) is 14.9. The minimum atomic E-state index is -0.256. The van der Waals surface area contributed by atoms with Crippen LogP contribution in [0.2, 0.25) is 0 Å². The second-order valence-corrected chi connectivity index (χ2v) is 8.63. The van der Waals surface area contributed by atoms with Gasteiger partial charge in [0.25, 0.3) is 5.56 Å². The number of carbonyl (C=O) groups is 1. The van der Waals surface area contributed by atoms with E-state index in [0.717, 1.165) is 46.3 Å². The topological polar surface area (TPSA) is 81.8 Å². The highest BCUT2D eigenvalue weighted by atomic mass is 16.2. The lowest BCUT2D eigenvalue weighted by Gasteiger charge is -2.20. The van der Waals surface area contributed by atoms with Gasteiger partial charge in [0.1, 0.15) is 12.1 Å². The van der Waals surface area contributed by atoms with E-state index < -0.39 is 0 Å². The van der Waals surface area contributed by atoms with Crippen molar-refractivity contribution in [2.24, 2.45) is 0 Å². The van der Waals surface area contributed by atoms with Crippen LogP contribution in [0.4, 0.5) is 0 Å². The van der Waals surface area contributed by atoms with E-state index in [1.54, 1.807) is 0 Å². The summed E-state index contributed by atoms with van der Waals surface area (Å²) in [5, 5.41) is 12.8. The van der Waals surface area contributed by atoms with Gasteiger partial charge in [-0.3, -0.25) is 14.3 Å². The second kappa shape index (κ2) is 7.38. The fourth-order valence-electron chi connectivity index (χ4n) is 4.64. The molecular formula is C23H29N5O2. The molecule has 1 aliphatic rings. The van der Waals surface area contributed by atoms with E-state index in [2.05, 4.69) is 48.4 Å². The van der Waals surface area contributed by atoms with Gasteiger partial charge in [0.2, 0.25) is 5.91 Å². The van der Waals surface area contributed by atoms with Gasteiger partial charge in [0.15, 0.2) is 0 Å². The molecule has 1 N–H and O–H groups in total. The van der Waals surface area contributed by atoms with Crippen molar-refractivity contribution < 1.29 is 4.79 Å². The molecule has 1 aliphatic carbocycles. The number of fused-ring (bicyclic) bond motifs is 1. The Morgan fingerprint density at radius 3 is 2.30 bits per heavy atom. The highest BCUT2D eigenvalue weighted by Crippen LogP contribution is 2.36. The van der Waals surface area contributed by atoms with Crippen molar-refractivity contribution in [2.45, 2.75) is 73.0 Å². The van der Waals surface area contributed by atoms with Gasteiger partial charge < -0.3 is 5.32 Å². The summed E-state index contributed by atoms with van der Waals surface area (Å²) in [6.45, 7) is 11.8. The van der Waals surface area contributed by atoms with Crippen LogP contribution in [0.5, 0.6) is 0 Å². The van der Waals surface area contributed by atoms with Crippen molar-refractivity contribution in [1.29, 1.82) is 0 Å². The number of hydrogen-bond acceptors (Lipinski definition) is 4. The van der Waals surface area contributed by atoms with E-state index in [1.165, 1.54) is 10.2 Å². The zero-order valence-electron chi connectivity index (χ0n) is 18.5. The number of aryl methyl sites for hydroxylation is 5. The largest absolute Gasteiger partial charge is 0.348 e. The molecule has 2 heterocycles. The summed E-state index contributed by atoms with van der Waals surface area (Å²) in [6, 6.07) is 4.37. The van der Waals surface area contributed by atoms with Crippen LogP contribution in [0, 0.1) is 34.6 Å². The smallest absolute Gasteiger partial charge is 0.293 e. The second-order valence-electron chi connectivity index (χ2n) is 8.63. The highest BCUT2D eigenvalue weighted by molar-refractivity contribution is 5.83. The Labute approximate surface area is 176 Å². The van der Waals surface area contributed by atoms with Crippen LogP contribution in [0.3, 0.4) is 0 Å². The van der Waals surface area contributed by atoms with Gasteiger partial charge in [0.05, 0.1) is 28.9 Å². The monoisotopic (exact) mass is 407 g/mol. The molecule has 158 valence electrons. The lowest BCUT2D eigenvalue weighted by molar-refractivity contribution is -0.122. The minimum absolute atomic E-state index is 0.112. The molecule has 30 heavy (non-hydrogen) atoms. The molecule has 1 fully saturated rings. The highest BCUT2D eigenvalue weighted by Gasteiger charge is 2.29. The van der Waals surface area contributed by atoms with Gasteiger partial charge in [-0.1, -0.05) is 17.7 Å². The number of nitrogens with one attached hydrogen (secondary N) is 1. The van der Waals surface area contributed by atoms with Crippen LogP contribution in [0.1, 0.15) is 65.5 Å². The number of hydrogen-bond donors (Lipinski definition) is 1. The van der Waals surface area contributed by atoms with Crippen LogP contribution >= 0.6 is 0 Å². The third-order valence-electron chi connectivity index (χ3n) is 5.89. The predicted octanol–water partition coefficient (Wildman–Crippen LogP) is 3.35. The maximum atomic E-state index is 13.1. The van der Waals surface area contributed by atoms with Gasteiger partial charge in [-0.2, -0.15) is 10.2 Å². The lowest BCUT2D eigenvalue weighted by Crippen LogP contribution is -2.36. The molecule has 1 atom stereocenters. The third kappa shape index (κ3) is 3.53. The first-order chi connectivity index (χ1) is 14.2. The predicted molar refractivity (Wildman–Crippen MR) is 117 cm³/mol. The molecule has 0 spiro atoms. The van der Waals surface area contributed by atoms with Crippen LogP contribution in [-0.2, 0) is 11.3 Å². The summed E-state index contributed by atoms with van der Waals surface area (Å²) in [4.78, 5) is 25.9. The number of aromatic nitrogens is 4. The molecule has 4 rings (SSSR count). The Morgan fingerprint density at radius 1 is 1.10 bits per heavy atom. The van der Waals surface area contributed by atoms with Crippen LogP contribution in [0.25, 0.3) is 10.9 Å².